The zero-order valence-electron chi connectivity index (χ0n) is 14.4. The lowest BCUT2D eigenvalue weighted by Gasteiger charge is -2.33. The molecule has 130 valence electrons. The average molecular weight is 336 g/mol. The fourth-order valence-electron chi connectivity index (χ4n) is 4.08. The number of benzene rings is 1. The Balaban J connectivity index is 1.30. The Morgan fingerprint density at radius 1 is 1.08 bits per heavy atom. The maximum atomic E-state index is 12.4. The zero-order chi connectivity index (χ0) is 17.1. The molecule has 1 atom stereocenters. The number of anilines is 1. The largest absolute Gasteiger partial charge is 0.312 e. The normalized spacial score (nSPS) is 22.5. The molecule has 2 aromatic rings. The van der Waals surface area contributed by atoms with E-state index >= 15 is 0 Å². The number of hydrogen-bond donors (Lipinski definition) is 0. The van der Waals surface area contributed by atoms with Crippen LogP contribution in [-0.4, -0.2) is 47.0 Å². The average Bonchev–Trinajstić information content (AvgIpc) is 3.04. The number of carbonyl (C=O) groups excluding carboxylic acids is 1. The standard InChI is InChI=1S/C20H24N4O/c25-20-12-16(14-24(20)18-4-2-1-3-5-18)13-23-10-7-17(8-11-23)19-6-9-21-15-22-19/h1-6,9,15-17H,7-8,10-14H2/t16-/m1/s1. The Morgan fingerprint density at radius 2 is 1.88 bits per heavy atom. The Morgan fingerprint density at radius 3 is 2.60 bits per heavy atom. The van der Waals surface area contributed by atoms with Crippen molar-refractivity contribution in [3.05, 3.63) is 54.6 Å². The zero-order valence-corrected chi connectivity index (χ0v) is 14.4. The van der Waals surface area contributed by atoms with Crippen molar-refractivity contribution in [3.63, 3.8) is 0 Å². The van der Waals surface area contributed by atoms with E-state index in [1.807, 2.05) is 47.5 Å². The molecule has 0 saturated carbocycles. The Bertz CT molecular complexity index is 698. The molecule has 1 aromatic carbocycles. The first-order chi connectivity index (χ1) is 12.3. The molecular formula is C20H24N4O. The third-order valence-corrected chi connectivity index (χ3v) is 5.40. The van der Waals surface area contributed by atoms with E-state index in [4.69, 9.17) is 0 Å². The van der Waals surface area contributed by atoms with Crippen molar-refractivity contribution in [3.8, 4) is 0 Å². The predicted octanol–water partition coefficient (Wildman–Crippen LogP) is 2.71. The van der Waals surface area contributed by atoms with Crippen molar-refractivity contribution in [1.82, 2.24) is 14.9 Å². The van der Waals surface area contributed by atoms with E-state index in [1.165, 1.54) is 5.69 Å². The Labute approximate surface area is 148 Å². The minimum absolute atomic E-state index is 0.257. The number of amides is 1. The third-order valence-electron chi connectivity index (χ3n) is 5.40. The summed E-state index contributed by atoms with van der Waals surface area (Å²) in [6.07, 6.45) is 6.42. The molecule has 1 amide bonds. The fraction of sp³-hybridized carbons (Fsp3) is 0.450. The van der Waals surface area contributed by atoms with E-state index < -0.39 is 0 Å². The minimum Gasteiger partial charge on any atom is -0.312 e. The second-order valence-electron chi connectivity index (χ2n) is 7.12. The lowest BCUT2D eigenvalue weighted by atomic mass is 9.92. The van der Waals surface area contributed by atoms with E-state index in [9.17, 15) is 4.79 Å². The number of carbonyl (C=O) groups is 1. The summed E-state index contributed by atoms with van der Waals surface area (Å²) in [7, 11) is 0. The van der Waals surface area contributed by atoms with Gasteiger partial charge in [0.05, 0.1) is 0 Å². The van der Waals surface area contributed by atoms with Crippen LogP contribution < -0.4 is 4.90 Å². The Hall–Kier alpha value is -2.27. The molecule has 0 unspecified atom stereocenters. The van der Waals surface area contributed by atoms with Gasteiger partial charge in [-0.25, -0.2) is 9.97 Å². The van der Waals surface area contributed by atoms with E-state index in [0.29, 0.717) is 18.3 Å². The monoisotopic (exact) mass is 336 g/mol. The molecular weight excluding hydrogens is 312 g/mol. The highest BCUT2D eigenvalue weighted by atomic mass is 16.2. The lowest BCUT2D eigenvalue weighted by Crippen LogP contribution is -2.37. The second kappa shape index (κ2) is 7.31. The SMILES string of the molecule is O=C1C[C@H](CN2CCC(c3ccncn3)CC2)CN1c1ccccc1. The molecule has 3 heterocycles. The highest BCUT2D eigenvalue weighted by Crippen LogP contribution is 2.29. The highest BCUT2D eigenvalue weighted by molar-refractivity contribution is 5.95. The van der Waals surface area contributed by atoms with E-state index in [1.54, 1.807) is 6.33 Å². The third kappa shape index (κ3) is 3.71. The van der Waals surface area contributed by atoms with E-state index in [2.05, 4.69) is 14.9 Å². The van der Waals surface area contributed by atoms with Crippen molar-refractivity contribution in [2.75, 3.05) is 31.1 Å². The van der Waals surface area contributed by atoms with Crippen molar-refractivity contribution in [1.29, 1.82) is 0 Å². The van der Waals surface area contributed by atoms with Gasteiger partial charge in [0.1, 0.15) is 6.33 Å². The maximum absolute atomic E-state index is 12.4. The number of aromatic nitrogens is 2. The highest BCUT2D eigenvalue weighted by Gasteiger charge is 2.32. The number of piperidine rings is 1. The molecule has 25 heavy (non-hydrogen) atoms. The minimum atomic E-state index is 0.257. The summed E-state index contributed by atoms with van der Waals surface area (Å²) in [4.78, 5) is 25.2. The van der Waals surface area contributed by atoms with Gasteiger partial charge in [-0.2, -0.15) is 0 Å². The van der Waals surface area contributed by atoms with Gasteiger partial charge >= 0.3 is 0 Å². The first-order valence-corrected chi connectivity index (χ1v) is 9.13. The first-order valence-electron chi connectivity index (χ1n) is 9.13. The number of para-hydroxylation sites is 1. The van der Waals surface area contributed by atoms with Gasteiger partial charge in [0, 0.05) is 43.0 Å². The maximum Gasteiger partial charge on any atom is 0.227 e. The van der Waals surface area contributed by atoms with Crippen LogP contribution in [0.5, 0.6) is 0 Å². The molecule has 2 aliphatic rings. The number of nitrogens with zero attached hydrogens (tertiary/aromatic N) is 4. The summed E-state index contributed by atoms with van der Waals surface area (Å²) in [5.74, 6) is 1.24. The van der Waals surface area contributed by atoms with Crippen LogP contribution in [0.2, 0.25) is 0 Å². The Kier molecular flexibility index (Phi) is 4.74. The summed E-state index contributed by atoms with van der Waals surface area (Å²) < 4.78 is 0. The van der Waals surface area contributed by atoms with Crippen molar-refractivity contribution < 1.29 is 4.79 Å². The fourth-order valence-corrected chi connectivity index (χ4v) is 4.08. The number of rotatable bonds is 4. The topological polar surface area (TPSA) is 49.3 Å². The van der Waals surface area contributed by atoms with Crippen LogP contribution in [0, 0.1) is 5.92 Å². The summed E-state index contributed by atoms with van der Waals surface area (Å²) >= 11 is 0. The molecule has 2 saturated heterocycles. The van der Waals surface area contributed by atoms with Crippen LogP contribution in [0.4, 0.5) is 5.69 Å². The molecule has 2 aliphatic heterocycles. The van der Waals surface area contributed by atoms with Crippen molar-refractivity contribution >= 4 is 11.6 Å². The van der Waals surface area contributed by atoms with Gasteiger partial charge in [-0.3, -0.25) is 4.79 Å². The molecule has 0 aliphatic carbocycles. The van der Waals surface area contributed by atoms with Crippen LogP contribution in [0.15, 0.2) is 48.9 Å². The molecule has 0 radical (unpaired) electrons. The molecule has 2 fully saturated rings. The molecule has 5 nitrogen and oxygen atoms in total. The van der Waals surface area contributed by atoms with Crippen LogP contribution in [-0.2, 0) is 4.79 Å². The summed E-state index contributed by atoms with van der Waals surface area (Å²) in [5.41, 5.74) is 2.19. The molecule has 0 spiro atoms. The van der Waals surface area contributed by atoms with Gasteiger partial charge in [-0.15, -0.1) is 0 Å². The summed E-state index contributed by atoms with van der Waals surface area (Å²) in [5, 5.41) is 0. The number of likely N-dealkylation sites (tertiary alicyclic amines) is 1. The van der Waals surface area contributed by atoms with Gasteiger partial charge in [-0.05, 0) is 50.0 Å². The van der Waals surface area contributed by atoms with Gasteiger partial charge in [-0.1, -0.05) is 18.2 Å². The molecule has 5 heteroatoms. The summed E-state index contributed by atoms with van der Waals surface area (Å²) in [6.45, 7) is 4.04. The molecule has 0 bridgehead atoms. The van der Waals surface area contributed by atoms with E-state index in [-0.39, 0.29) is 5.91 Å². The quantitative estimate of drug-likeness (QED) is 0.861. The van der Waals surface area contributed by atoms with Crippen LogP contribution in [0.25, 0.3) is 0 Å². The molecule has 4 rings (SSSR count). The lowest BCUT2D eigenvalue weighted by molar-refractivity contribution is -0.117. The van der Waals surface area contributed by atoms with Crippen LogP contribution in [0.3, 0.4) is 0 Å². The van der Waals surface area contributed by atoms with Crippen molar-refractivity contribution in [2.24, 2.45) is 5.92 Å². The molecule has 1 aromatic heterocycles. The van der Waals surface area contributed by atoms with Gasteiger partial charge < -0.3 is 9.80 Å². The molecule has 0 N–H and O–H groups in total. The first kappa shape index (κ1) is 16.2. The predicted molar refractivity (Wildman–Crippen MR) is 97.3 cm³/mol. The summed E-state index contributed by atoms with van der Waals surface area (Å²) in [6, 6.07) is 12.1. The second-order valence-corrected chi connectivity index (χ2v) is 7.12. The van der Waals surface area contributed by atoms with Gasteiger partial charge in [0.25, 0.3) is 0 Å². The smallest absolute Gasteiger partial charge is 0.227 e. The van der Waals surface area contributed by atoms with Gasteiger partial charge in [0.15, 0.2) is 0 Å². The number of hydrogen-bond acceptors (Lipinski definition) is 4. The van der Waals surface area contributed by atoms with Crippen LogP contribution >= 0.6 is 0 Å². The van der Waals surface area contributed by atoms with Gasteiger partial charge in [0.2, 0.25) is 5.91 Å². The van der Waals surface area contributed by atoms with Crippen molar-refractivity contribution in [2.45, 2.75) is 25.2 Å². The van der Waals surface area contributed by atoms with Crippen LogP contribution in [0.1, 0.15) is 30.9 Å². The van der Waals surface area contributed by atoms with E-state index in [0.717, 1.165) is 44.7 Å².